The van der Waals surface area contributed by atoms with E-state index in [0.717, 1.165) is 10.4 Å². The van der Waals surface area contributed by atoms with Crippen molar-refractivity contribution in [1.29, 1.82) is 5.26 Å². The lowest BCUT2D eigenvalue weighted by atomic mass is 10.1. The van der Waals surface area contributed by atoms with Gasteiger partial charge < -0.3 is 19.5 Å². The van der Waals surface area contributed by atoms with Gasteiger partial charge in [0, 0.05) is 25.0 Å². The van der Waals surface area contributed by atoms with Crippen LogP contribution in [0.15, 0.2) is 40.4 Å². The summed E-state index contributed by atoms with van der Waals surface area (Å²) in [6.07, 6.45) is 1.42. The lowest BCUT2D eigenvalue weighted by Crippen LogP contribution is -2.16. The molecule has 0 aliphatic carbocycles. The number of thiophene rings is 1. The normalized spacial score (nSPS) is 11.1. The molecule has 0 aliphatic rings. The number of carbonyl (C=O) groups is 2. The topological polar surface area (TPSA) is 97.7 Å². The molecule has 0 spiro atoms. The van der Waals surface area contributed by atoms with Crippen LogP contribution in [0, 0.1) is 25.2 Å². The number of nitriles is 1. The quantitative estimate of drug-likeness (QED) is 0.146. The second-order valence-electron chi connectivity index (χ2n) is 7.88. The van der Waals surface area contributed by atoms with Crippen LogP contribution < -0.4 is 14.8 Å². The number of esters is 1. The van der Waals surface area contributed by atoms with Gasteiger partial charge in [0.15, 0.2) is 11.5 Å². The van der Waals surface area contributed by atoms with E-state index in [1.54, 1.807) is 44.2 Å². The number of carbonyl (C=O) groups excluding carboxylic acids is 2. The van der Waals surface area contributed by atoms with Crippen LogP contribution in [0.3, 0.4) is 0 Å². The second kappa shape index (κ2) is 13.2. The molecule has 1 aromatic heterocycles. The minimum atomic E-state index is -0.664. The highest BCUT2D eigenvalue weighted by molar-refractivity contribution is 9.10. The summed E-state index contributed by atoms with van der Waals surface area (Å²) in [5, 5.41) is 13.7. The van der Waals surface area contributed by atoms with Gasteiger partial charge >= 0.3 is 5.97 Å². The van der Waals surface area contributed by atoms with E-state index in [0.29, 0.717) is 42.1 Å². The van der Waals surface area contributed by atoms with Crippen LogP contribution in [0.1, 0.15) is 38.8 Å². The number of nitrogens with one attached hydrogen (secondary N) is 1. The van der Waals surface area contributed by atoms with E-state index in [1.807, 2.05) is 13.0 Å². The Hall–Kier alpha value is -3.03. The summed E-state index contributed by atoms with van der Waals surface area (Å²) in [5.74, 6) is -0.386. The molecule has 11 heteroatoms. The van der Waals surface area contributed by atoms with E-state index >= 15 is 0 Å². The Kier molecular flexibility index (Phi) is 10.2. The predicted molar refractivity (Wildman–Crippen MR) is 153 cm³/mol. The van der Waals surface area contributed by atoms with Gasteiger partial charge in [0.25, 0.3) is 5.91 Å². The molecule has 0 saturated heterocycles. The first-order valence-electron chi connectivity index (χ1n) is 11.2. The molecule has 0 radical (unpaired) electrons. The van der Waals surface area contributed by atoms with Gasteiger partial charge in [-0.05, 0) is 62.2 Å². The van der Waals surface area contributed by atoms with Crippen molar-refractivity contribution in [2.45, 2.75) is 27.4 Å². The standard InChI is InChI=1S/C27H23BrCl2N2O5S/c1-5-36-27(34)24-14(2)15(3)38-26(24)32-25(33)18(12-31)8-17-9-22(35-4)23(11-20(17)28)37-13-16-6-7-19(29)10-21(16)30/h6-11H,5,13H2,1-4H3,(H,32,33)/b18-8+. The number of anilines is 1. The molecule has 0 bridgehead atoms. The zero-order valence-electron chi connectivity index (χ0n) is 20.9. The summed E-state index contributed by atoms with van der Waals surface area (Å²) in [4.78, 5) is 26.3. The molecule has 1 N–H and O–H groups in total. The summed E-state index contributed by atoms with van der Waals surface area (Å²) >= 11 is 16.9. The van der Waals surface area contributed by atoms with Gasteiger partial charge in [-0.1, -0.05) is 45.2 Å². The molecule has 0 atom stereocenters. The Morgan fingerprint density at radius 2 is 1.92 bits per heavy atom. The van der Waals surface area contributed by atoms with Gasteiger partial charge in [0.1, 0.15) is 23.3 Å². The first kappa shape index (κ1) is 29.5. The van der Waals surface area contributed by atoms with Crippen LogP contribution >= 0.6 is 50.5 Å². The van der Waals surface area contributed by atoms with Crippen LogP contribution in [-0.2, 0) is 16.1 Å². The van der Waals surface area contributed by atoms with Gasteiger partial charge in [-0.25, -0.2) is 4.79 Å². The molecule has 3 aromatic rings. The fourth-order valence-corrected chi connectivity index (χ4v) is 5.31. The zero-order chi connectivity index (χ0) is 28.0. The number of methoxy groups -OCH3 is 1. The molecule has 198 valence electrons. The van der Waals surface area contributed by atoms with Crippen LogP contribution in [0.4, 0.5) is 5.00 Å². The van der Waals surface area contributed by atoms with Gasteiger partial charge in [-0.3, -0.25) is 4.79 Å². The monoisotopic (exact) mass is 636 g/mol. The highest BCUT2D eigenvalue weighted by atomic mass is 79.9. The van der Waals surface area contributed by atoms with Crippen LogP contribution in [-0.4, -0.2) is 25.6 Å². The Bertz CT molecular complexity index is 1460. The van der Waals surface area contributed by atoms with E-state index in [1.165, 1.54) is 24.5 Å². The average molecular weight is 638 g/mol. The summed E-state index contributed by atoms with van der Waals surface area (Å²) in [7, 11) is 1.48. The fourth-order valence-electron chi connectivity index (χ4n) is 3.37. The van der Waals surface area contributed by atoms with E-state index in [9.17, 15) is 14.9 Å². The molecule has 0 unspecified atom stereocenters. The third-order valence-electron chi connectivity index (χ3n) is 5.44. The number of halogens is 3. The number of hydrogen-bond donors (Lipinski definition) is 1. The number of nitrogens with zero attached hydrogens (tertiary/aromatic N) is 1. The molecule has 2 aromatic carbocycles. The predicted octanol–water partition coefficient (Wildman–Crippen LogP) is 7.74. The average Bonchev–Trinajstić information content (AvgIpc) is 3.15. The molecule has 38 heavy (non-hydrogen) atoms. The molecular weight excluding hydrogens is 615 g/mol. The van der Waals surface area contributed by atoms with Gasteiger partial charge in [0.2, 0.25) is 0 Å². The van der Waals surface area contributed by atoms with Crippen molar-refractivity contribution in [3.63, 3.8) is 0 Å². The zero-order valence-corrected chi connectivity index (χ0v) is 24.8. The molecule has 0 saturated carbocycles. The Labute approximate surface area is 243 Å². The van der Waals surface area contributed by atoms with E-state index in [-0.39, 0.29) is 24.4 Å². The molecule has 0 fully saturated rings. The lowest BCUT2D eigenvalue weighted by Gasteiger charge is -2.14. The number of amides is 1. The number of rotatable bonds is 9. The number of aryl methyl sites for hydroxylation is 1. The summed E-state index contributed by atoms with van der Waals surface area (Å²) < 4.78 is 17.1. The fraction of sp³-hybridized carbons (Fsp3) is 0.222. The van der Waals surface area contributed by atoms with Crippen molar-refractivity contribution in [1.82, 2.24) is 0 Å². The van der Waals surface area contributed by atoms with Crippen molar-refractivity contribution >= 4 is 73.4 Å². The van der Waals surface area contributed by atoms with Crippen LogP contribution in [0.5, 0.6) is 11.5 Å². The van der Waals surface area contributed by atoms with Crippen molar-refractivity contribution < 1.29 is 23.8 Å². The maximum absolute atomic E-state index is 13.0. The Morgan fingerprint density at radius 3 is 2.55 bits per heavy atom. The largest absolute Gasteiger partial charge is 0.493 e. The van der Waals surface area contributed by atoms with Crippen molar-refractivity contribution in [2.75, 3.05) is 19.0 Å². The van der Waals surface area contributed by atoms with E-state index < -0.39 is 11.9 Å². The highest BCUT2D eigenvalue weighted by Gasteiger charge is 2.23. The van der Waals surface area contributed by atoms with Gasteiger partial charge in [-0.15, -0.1) is 11.3 Å². The second-order valence-corrected chi connectivity index (χ2v) is 10.8. The van der Waals surface area contributed by atoms with Crippen LogP contribution in [0.25, 0.3) is 6.08 Å². The Balaban J connectivity index is 1.86. The number of benzene rings is 2. The van der Waals surface area contributed by atoms with Crippen molar-refractivity contribution in [3.8, 4) is 17.6 Å². The molecule has 3 rings (SSSR count). The smallest absolute Gasteiger partial charge is 0.341 e. The number of ether oxygens (including phenoxy) is 3. The Morgan fingerprint density at radius 1 is 1.18 bits per heavy atom. The van der Waals surface area contributed by atoms with Crippen LogP contribution in [0.2, 0.25) is 10.0 Å². The molecule has 0 aliphatic heterocycles. The van der Waals surface area contributed by atoms with Crippen molar-refractivity contribution in [2.24, 2.45) is 0 Å². The first-order valence-corrected chi connectivity index (χ1v) is 13.6. The molecule has 7 nitrogen and oxygen atoms in total. The lowest BCUT2D eigenvalue weighted by molar-refractivity contribution is -0.112. The maximum atomic E-state index is 13.0. The minimum absolute atomic E-state index is 0.169. The SMILES string of the molecule is CCOC(=O)c1c(NC(=O)/C(C#N)=C/c2cc(OC)c(OCc3ccc(Cl)cc3Cl)cc2Br)sc(C)c1C. The molecule has 1 heterocycles. The maximum Gasteiger partial charge on any atom is 0.341 e. The van der Waals surface area contributed by atoms with E-state index in [2.05, 4.69) is 21.2 Å². The first-order chi connectivity index (χ1) is 18.1. The van der Waals surface area contributed by atoms with Gasteiger partial charge in [-0.2, -0.15) is 5.26 Å². The molecular formula is C27H23BrCl2N2O5S. The van der Waals surface area contributed by atoms with E-state index in [4.69, 9.17) is 37.4 Å². The molecule has 1 amide bonds. The highest BCUT2D eigenvalue weighted by Crippen LogP contribution is 2.36. The third kappa shape index (κ3) is 6.88. The summed E-state index contributed by atoms with van der Waals surface area (Å²) in [6.45, 7) is 5.70. The van der Waals surface area contributed by atoms with Crippen molar-refractivity contribution in [3.05, 3.63) is 77.6 Å². The minimum Gasteiger partial charge on any atom is -0.493 e. The summed E-state index contributed by atoms with van der Waals surface area (Å²) in [5.41, 5.74) is 2.07. The number of hydrogen-bond acceptors (Lipinski definition) is 7. The summed E-state index contributed by atoms with van der Waals surface area (Å²) in [6, 6.07) is 10.3. The third-order valence-corrected chi connectivity index (χ3v) is 7.83. The van der Waals surface area contributed by atoms with Gasteiger partial charge in [0.05, 0.1) is 19.3 Å².